The Bertz CT molecular complexity index is 528. The topological polar surface area (TPSA) is 42.7 Å². The van der Waals surface area contributed by atoms with Gasteiger partial charge in [-0.05, 0) is 32.4 Å². The average Bonchev–Trinajstić information content (AvgIpc) is 2.93. The van der Waals surface area contributed by atoms with E-state index >= 15 is 0 Å². The highest BCUT2D eigenvalue weighted by molar-refractivity contribution is 7.15. The van der Waals surface area contributed by atoms with E-state index in [0.29, 0.717) is 6.04 Å². The molecule has 1 N–H and O–H groups in total. The Morgan fingerprint density at radius 1 is 1.53 bits per heavy atom. The lowest BCUT2D eigenvalue weighted by atomic mass is 9.98. The first-order valence-electron chi connectivity index (χ1n) is 5.95. The molecule has 5 heteroatoms. The van der Waals surface area contributed by atoms with Crippen LogP contribution in [-0.2, 0) is 13.5 Å². The first-order valence-corrected chi connectivity index (χ1v) is 6.76. The molecule has 0 bridgehead atoms. The summed E-state index contributed by atoms with van der Waals surface area (Å²) < 4.78 is 1.89. The number of nitrogens with zero attached hydrogens (tertiary/aromatic N) is 3. The number of hydrogen-bond acceptors (Lipinski definition) is 4. The molecule has 1 aliphatic rings. The Balaban J connectivity index is 2.04. The lowest BCUT2D eigenvalue weighted by molar-refractivity contribution is 0.490. The smallest absolute Gasteiger partial charge is 0.142 e. The van der Waals surface area contributed by atoms with Crippen LogP contribution in [0.25, 0.3) is 10.7 Å². The molecular weight excluding hydrogens is 232 g/mol. The second-order valence-electron chi connectivity index (χ2n) is 4.40. The van der Waals surface area contributed by atoms with Gasteiger partial charge in [-0.15, -0.1) is 11.3 Å². The van der Waals surface area contributed by atoms with Gasteiger partial charge in [0.15, 0.2) is 0 Å². The Labute approximate surface area is 105 Å². The van der Waals surface area contributed by atoms with Crippen LogP contribution >= 0.6 is 11.3 Å². The predicted molar refractivity (Wildman–Crippen MR) is 69.1 cm³/mol. The highest BCUT2D eigenvalue weighted by Crippen LogP contribution is 2.36. The summed E-state index contributed by atoms with van der Waals surface area (Å²) in [7, 11) is 3.98. The first kappa shape index (κ1) is 10.9. The minimum atomic E-state index is 0.428. The van der Waals surface area contributed by atoms with Crippen LogP contribution in [0.4, 0.5) is 0 Å². The quantitative estimate of drug-likeness (QED) is 0.885. The molecule has 0 saturated heterocycles. The van der Waals surface area contributed by atoms with E-state index in [1.165, 1.54) is 29.8 Å². The van der Waals surface area contributed by atoms with Crippen molar-refractivity contribution in [1.82, 2.24) is 20.1 Å². The minimum absolute atomic E-state index is 0.428. The maximum absolute atomic E-state index is 4.80. The lowest BCUT2D eigenvalue weighted by Gasteiger charge is -2.19. The molecule has 1 atom stereocenters. The largest absolute Gasteiger partial charge is 0.312 e. The predicted octanol–water partition coefficient (Wildman–Crippen LogP) is 2.14. The van der Waals surface area contributed by atoms with Gasteiger partial charge in [0.05, 0.1) is 17.4 Å². The van der Waals surface area contributed by atoms with Crippen LogP contribution in [0, 0.1) is 0 Å². The molecule has 3 rings (SSSR count). The van der Waals surface area contributed by atoms with Crippen molar-refractivity contribution in [3.8, 4) is 10.7 Å². The molecule has 2 heterocycles. The standard InChI is InChI=1S/C12H16N4S/c1-13-8-4-3-5-10-11(8)15-12(17-10)9-6-7-14-16(9)2/h6-8,13H,3-5H2,1-2H3. The molecule has 2 aromatic rings. The van der Waals surface area contributed by atoms with Gasteiger partial charge in [0.2, 0.25) is 0 Å². The number of aryl methyl sites for hydroxylation is 2. The number of fused-ring (bicyclic) bond motifs is 1. The molecule has 90 valence electrons. The minimum Gasteiger partial charge on any atom is -0.312 e. The summed E-state index contributed by atoms with van der Waals surface area (Å²) in [6.07, 6.45) is 5.44. The van der Waals surface area contributed by atoms with Crippen LogP contribution in [-0.4, -0.2) is 21.8 Å². The highest BCUT2D eigenvalue weighted by atomic mass is 32.1. The molecule has 0 saturated carbocycles. The molecule has 17 heavy (non-hydrogen) atoms. The third-order valence-electron chi connectivity index (χ3n) is 3.34. The summed E-state index contributed by atoms with van der Waals surface area (Å²) in [5, 5.41) is 8.66. The van der Waals surface area contributed by atoms with E-state index in [1.807, 2.05) is 42.4 Å². The van der Waals surface area contributed by atoms with Crippen LogP contribution < -0.4 is 5.32 Å². The number of thiazole rings is 1. The SMILES string of the molecule is CNC1CCCc2sc(-c3ccnn3C)nc21. The van der Waals surface area contributed by atoms with Crippen molar-refractivity contribution in [1.29, 1.82) is 0 Å². The van der Waals surface area contributed by atoms with E-state index in [9.17, 15) is 0 Å². The number of nitrogens with one attached hydrogen (secondary N) is 1. The van der Waals surface area contributed by atoms with E-state index < -0.39 is 0 Å². The van der Waals surface area contributed by atoms with Gasteiger partial charge in [-0.3, -0.25) is 4.68 Å². The summed E-state index contributed by atoms with van der Waals surface area (Å²) in [6.45, 7) is 0. The maximum Gasteiger partial charge on any atom is 0.142 e. The Hall–Kier alpha value is -1.20. The van der Waals surface area contributed by atoms with E-state index in [-0.39, 0.29) is 0 Å². The molecule has 2 aromatic heterocycles. The maximum atomic E-state index is 4.80. The Morgan fingerprint density at radius 3 is 3.12 bits per heavy atom. The van der Waals surface area contributed by atoms with Crippen LogP contribution in [0.15, 0.2) is 12.3 Å². The van der Waals surface area contributed by atoms with Crippen LogP contribution in [0.3, 0.4) is 0 Å². The average molecular weight is 248 g/mol. The number of rotatable bonds is 2. The zero-order valence-electron chi connectivity index (χ0n) is 10.1. The van der Waals surface area contributed by atoms with Gasteiger partial charge in [-0.2, -0.15) is 5.10 Å². The first-order chi connectivity index (χ1) is 8.29. The lowest BCUT2D eigenvalue weighted by Crippen LogP contribution is -2.21. The van der Waals surface area contributed by atoms with Crippen molar-refractivity contribution < 1.29 is 0 Å². The van der Waals surface area contributed by atoms with E-state index in [4.69, 9.17) is 4.98 Å². The summed E-state index contributed by atoms with van der Waals surface area (Å²) in [5.41, 5.74) is 2.36. The molecule has 0 aliphatic heterocycles. The van der Waals surface area contributed by atoms with Gasteiger partial charge >= 0.3 is 0 Å². The summed E-state index contributed by atoms with van der Waals surface area (Å²) in [5.74, 6) is 0. The van der Waals surface area contributed by atoms with Gasteiger partial charge in [0.25, 0.3) is 0 Å². The molecule has 0 radical (unpaired) electrons. The van der Waals surface area contributed by atoms with Crippen molar-refractivity contribution in [3.63, 3.8) is 0 Å². The van der Waals surface area contributed by atoms with E-state index in [2.05, 4.69) is 10.4 Å². The fourth-order valence-corrected chi connectivity index (χ4v) is 3.61. The van der Waals surface area contributed by atoms with Gasteiger partial charge in [0, 0.05) is 18.1 Å². The third kappa shape index (κ3) is 1.79. The molecule has 1 aliphatic carbocycles. The van der Waals surface area contributed by atoms with Crippen molar-refractivity contribution in [2.75, 3.05) is 7.05 Å². The summed E-state index contributed by atoms with van der Waals surface area (Å²) in [6, 6.07) is 2.45. The van der Waals surface area contributed by atoms with Crippen LogP contribution in [0.5, 0.6) is 0 Å². The molecule has 4 nitrogen and oxygen atoms in total. The molecular formula is C12H16N4S. The Kier molecular flexibility index (Phi) is 2.72. The second-order valence-corrected chi connectivity index (χ2v) is 5.48. The summed E-state index contributed by atoms with van der Waals surface area (Å²) in [4.78, 5) is 6.24. The van der Waals surface area contributed by atoms with Gasteiger partial charge in [-0.25, -0.2) is 4.98 Å². The highest BCUT2D eigenvalue weighted by Gasteiger charge is 2.24. The van der Waals surface area contributed by atoms with E-state index in [1.54, 1.807) is 0 Å². The normalized spacial score (nSPS) is 19.3. The zero-order valence-corrected chi connectivity index (χ0v) is 10.9. The second kappa shape index (κ2) is 4.23. The third-order valence-corrected chi connectivity index (χ3v) is 4.50. The fourth-order valence-electron chi connectivity index (χ4n) is 2.39. The monoisotopic (exact) mass is 248 g/mol. The van der Waals surface area contributed by atoms with Crippen molar-refractivity contribution in [2.24, 2.45) is 7.05 Å². The fraction of sp³-hybridized carbons (Fsp3) is 0.500. The van der Waals surface area contributed by atoms with Crippen molar-refractivity contribution in [2.45, 2.75) is 25.3 Å². The number of aromatic nitrogens is 3. The zero-order chi connectivity index (χ0) is 11.8. The van der Waals surface area contributed by atoms with Gasteiger partial charge in [-0.1, -0.05) is 0 Å². The van der Waals surface area contributed by atoms with Crippen LogP contribution in [0.2, 0.25) is 0 Å². The van der Waals surface area contributed by atoms with Crippen LogP contribution in [0.1, 0.15) is 29.5 Å². The number of hydrogen-bond donors (Lipinski definition) is 1. The molecule has 0 spiro atoms. The van der Waals surface area contributed by atoms with Gasteiger partial charge in [0.1, 0.15) is 5.01 Å². The van der Waals surface area contributed by atoms with Crippen molar-refractivity contribution >= 4 is 11.3 Å². The Morgan fingerprint density at radius 2 is 2.41 bits per heavy atom. The van der Waals surface area contributed by atoms with Gasteiger partial charge < -0.3 is 5.32 Å². The summed E-state index contributed by atoms with van der Waals surface area (Å²) >= 11 is 1.81. The molecule has 0 amide bonds. The molecule has 1 unspecified atom stereocenters. The molecule has 0 fully saturated rings. The van der Waals surface area contributed by atoms with Crippen molar-refractivity contribution in [3.05, 3.63) is 22.8 Å². The molecule has 0 aromatic carbocycles. The van der Waals surface area contributed by atoms with E-state index in [0.717, 1.165) is 10.7 Å².